The van der Waals surface area contributed by atoms with E-state index in [9.17, 15) is 4.79 Å². The number of amides is 1. The Kier molecular flexibility index (Phi) is 5.21. The first-order chi connectivity index (χ1) is 16.2. The van der Waals surface area contributed by atoms with Gasteiger partial charge in [0.15, 0.2) is 11.0 Å². The third-order valence-electron chi connectivity index (χ3n) is 6.64. The molecule has 2 heterocycles. The van der Waals surface area contributed by atoms with Gasteiger partial charge in [0.25, 0.3) is 0 Å². The molecule has 2 aromatic heterocycles. The van der Waals surface area contributed by atoms with E-state index in [2.05, 4.69) is 62.3 Å². The van der Waals surface area contributed by atoms with Crippen molar-refractivity contribution < 1.29 is 4.79 Å². The molecule has 6 rings (SSSR count). The highest BCUT2D eigenvalue weighted by Crippen LogP contribution is 2.44. The fraction of sp³-hybridized carbons (Fsp3) is 0.346. The molecule has 0 unspecified atom stereocenters. The number of aromatic nitrogens is 4. The molecule has 6 nitrogen and oxygen atoms in total. The van der Waals surface area contributed by atoms with Crippen molar-refractivity contribution in [3.63, 3.8) is 0 Å². The summed E-state index contributed by atoms with van der Waals surface area (Å²) in [5, 5.41) is 14.2. The number of benzene rings is 2. The standard InChI is InChI=1S/C26H27N5OS/c1-16-5-4-6-19(13-16)31-25(21-14-27-22-8-3-2-7-20(21)22)29-30-26(31)33-15-23(32)28-24(17-9-10-17)18-11-12-18/h2-8,13-14,17-18,24,27H,9-12,15H2,1H3,(H,28,32). The first-order valence-corrected chi connectivity index (χ1v) is 12.7. The lowest BCUT2D eigenvalue weighted by atomic mass is 10.1. The number of para-hydroxylation sites is 1. The third kappa shape index (κ3) is 4.17. The maximum atomic E-state index is 12.8. The summed E-state index contributed by atoms with van der Waals surface area (Å²) in [5.41, 5.74) is 4.22. The fourth-order valence-electron chi connectivity index (χ4n) is 4.68. The number of thioether (sulfide) groups is 1. The molecule has 0 bridgehead atoms. The van der Waals surface area contributed by atoms with Gasteiger partial charge in [-0.3, -0.25) is 9.36 Å². The molecule has 2 aliphatic carbocycles. The zero-order chi connectivity index (χ0) is 22.4. The topological polar surface area (TPSA) is 75.6 Å². The Morgan fingerprint density at radius 1 is 1.12 bits per heavy atom. The van der Waals surface area contributed by atoms with Crippen LogP contribution in [0.25, 0.3) is 28.0 Å². The lowest BCUT2D eigenvalue weighted by Gasteiger charge is -2.17. The van der Waals surface area contributed by atoms with Gasteiger partial charge in [-0.25, -0.2) is 0 Å². The van der Waals surface area contributed by atoms with Crippen LogP contribution < -0.4 is 5.32 Å². The number of rotatable bonds is 8. The van der Waals surface area contributed by atoms with Crippen LogP contribution >= 0.6 is 11.8 Å². The maximum Gasteiger partial charge on any atom is 0.230 e. The van der Waals surface area contributed by atoms with Crippen molar-refractivity contribution in [3.05, 3.63) is 60.3 Å². The van der Waals surface area contributed by atoms with Crippen molar-refractivity contribution in [3.8, 4) is 17.1 Å². The summed E-state index contributed by atoms with van der Waals surface area (Å²) < 4.78 is 2.07. The second-order valence-corrected chi connectivity index (χ2v) is 10.2. The molecular formula is C26H27N5OS. The number of nitrogens with one attached hydrogen (secondary N) is 2. The van der Waals surface area contributed by atoms with E-state index in [1.165, 1.54) is 37.4 Å². The molecule has 2 N–H and O–H groups in total. The van der Waals surface area contributed by atoms with Crippen molar-refractivity contribution in [2.24, 2.45) is 11.8 Å². The second kappa shape index (κ2) is 8.37. The van der Waals surface area contributed by atoms with Gasteiger partial charge in [-0.15, -0.1) is 10.2 Å². The van der Waals surface area contributed by atoms with Gasteiger partial charge >= 0.3 is 0 Å². The van der Waals surface area contributed by atoms with E-state index in [1.54, 1.807) is 0 Å². The first-order valence-electron chi connectivity index (χ1n) is 11.7. The Labute approximate surface area is 197 Å². The fourth-order valence-corrected chi connectivity index (χ4v) is 5.45. The van der Waals surface area contributed by atoms with E-state index < -0.39 is 0 Å². The third-order valence-corrected chi connectivity index (χ3v) is 7.57. The second-order valence-electron chi connectivity index (χ2n) is 9.29. The number of aromatic amines is 1. The quantitative estimate of drug-likeness (QED) is 0.360. The van der Waals surface area contributed by atoms with Crippen molar-refractivity contribution >= 4 is 28.6 Å². The number of carbonyl (C=O) groups excluding carboxylic acids is 1. The number of hydrogen-bond acceptors (Lipinski definition) is 4. The van der Waals surface area contributed by atoms with E-state index in [0.717, 1.165) is 38.7 Å². The van der Waals surface area contributed by atoms with Crippen LogP contribution in [0, 0.1) is 18.8 Å². The summed E-state index contributed by atoms with van der Waals surface area (Å²) in [6.45, 7) is 2.08. The molecule has 1 amide bonds. The first kappa shape index (κ1) is 20.5. The van der Waals surface area contributed by atoms with Gasteiger partial charge in [0.1, 0.15) is 0 Å². The largest absolute Gasteiger partial charge is 0.360 e. The molecule has 33 heavy (non-hydrogen) atoms. The zero-order valence-electron chi connectivity index (χ0n) is 18.6. The summed E-state index contributed by atoms with van der Waals surface area (Å²) in [6, 6.07) is 16.9. The highest BCUT2D eigenvalue weighted by Gasteiger charge is 2.42. The van der Waals surface area contributed by atoms with Crippen LogP contribution in [0.3, 0.4) is 0 Å². The van der Waals surface area contributed by atoms with Crippen molar-refractivity contribution in [1.82, 2.24) is 25.1 Å². The van der Waals surface area contributed by atoms with Crippen LogP contribution in [-0.4, -0.2) is 37.5 Å². The number of hydrogen-bond donors (Lipinski definition) is 2. The van der Waals surface area contributed by atoms with Crippen LogP contribution in [0.4, 0.5) is 0 Å². The average molecular weight is 458 g/mol. The molecule has 2 aromatic carbocycles. The Hall–Kier alpha value is -3.06. The predicted molar refractivity (Wildman–Crippen MR) is 131 cm³/mol. The minimum Gasteiger partial charge on any atom is -0.360 e. The van der Waals surface area contributed by atoms with Crippen LogP contribution in [-0.2, 0) is 4.79 Å². The molecule has 2 saturated carbocycles. The summed E-state index contributed by atoms with van der Waals surface area (Å²) in [6.07, 6.45) is 7.00. The molecule has 168 valence electrons. The highest BCUT2D eigenvalue weighted by molar-refractivity contribution is 7.99. The average Bonchev–Trinajstić information content (AvgIpc) is 3.75. The zero-order valence-corrected chi connectivity index (χ0v) is 19.4. The van der Waals surface area contributed by atoms with E-state index in [0.29, 0.717) is 23.6 Å². The number of carbonyl (C=O) groups is 1. The molecule has 2 aliphatic rings. The number of fused-ring (bicyclic) bond motifs is 1. The highest BCUT2D eigenvalue weighted by atomic mass is 32.2. The summed E-state index contributed by atoms with van der Waals surface area (Å²) in [5.74, 6) is 2.59. The Morgan fingerprint density at radius 2 is 1.91 bits per heavy atom. The molecule has 7 heteroatoms. The Bertz CT molecular complexity index is 1310. The summed E-state index contributed by atoms with van der Waals surface area (Å²) in [4.78, 5) is 16.1. The number of H-pyrrole nitrogens is 1. The van der Waals surface area contributed by atoms with Gasteiger partial charge in [-0.05, 0) is 68.2 Å². The van der Waals surface area contributed by atoms with E-state index in [4.69, 9.17) is 0 Å². The van der Waals surface area contributed by atoms with E-state index >= 15 is 0 Å². The van der Waals surface area contributed by atoms with E-state index in [-0.39, 0.29) is 5.91 Å². The van der Waals surface area contributed by atoms with Gasteiger partial charge < -0.3 is 10.3 Å². The molecule has 0 atom stereocenters. The SMILES string of the molecule is Cc1cccc(-n2c(SCC(=O)NC(C3CC3)C3CC3)nnc2-c2c[nH]c3ccccc23)c1. The Morgan fingerprint density at radius 3 is 2.67 bits per heavy atom. The molecule has 0 spiro atoms. The molecule has 0 aliphatic heterocycles. The van der Waals surface area contributed by atoms with Crippen LogP contribution in [0.5, 0.6) is 0 Å². The van der Waals surface area contributed by atoms with Gasteiger partial charge in [0, 0.05) is 34.4 Å². The van der Waals surface area contributed by atoms with Gasteiger partial charge in [0.2, 0.25) is 5.91 Å². The maximum absolute atomic E-state index is 12.8. The van der Waals surface area contributed by atoms with Gasteiger partial charge in [0.05, 0.1) is 5.75 Å². The molecule has 0 saturated heterocycles. The smallest absolute Gasteiger partial charge is 0.230 e. The van der Waals surface area contributed by atoms with Crippen molar-refractivity contribution in [1.29, 1.82) is 0 Å². The van der Waals surface area contributed by atoms with Gasteiger partial charge in [-0.1, -0.05) is 42.1 Å². The minimum absolute atomic E-state index is 0.0937. The number of aryl methyl sites for hydroxylation is 1. The minimum atomic E-state index is 0.0937. The molecule has 0 radical (unpaired) electrons. The summed E-state index contributed by atoms with van der Waals surface area (Å²) >= 11 is 1.45. The Balaban J connectivity index is 1.30. The summed E-state index contributed by atoms with van der Waals surface area (Å²) in [7, 11) is 0. The van der Waals surface area contributed by atoms with E-state index in [1.807, 2.05) is 24.4 Å². The van der Waals surface area contributed by atoms with Crippen LogP contribution in [0.15, 0.2) is 59.9 Å². The predicted octanol–water partition coefficient (Wildman–Crippen LogP) is 5.12. The number of nitrogens with zero attached hydrogens (tertiary/aromatic N) is 3. The van der Waals surface area contributed by atoms with Crippen molar-refractivity contribution in [2.75, 3.05) is 5.75 Å². The van der Waals surface area contributed by atoms with Gasteiger partial charge in [-0.2, -0.15) is 0 Å². The normalized spacial score (nSPS) is 15.9. The van der Waals surface area contributed by atoms with Crippen LogP contribution in [0.1, 0.15) is 31.2 Å². The lowest BCUT2D eigenvalue weighted by Crippen LogP contribution is -2.39. The molecule has 2 fully saturated rings. The molecule has 4 aromatic rings. The molecular weight excluding hydrogens is 430 g/mol. The lowest BCUT2D eigenvalue weighted by molar-refractivity contribution is -0.119. The monoisotopic (exact) mass is 457 g/mol. The van der Waals surface area contributed by atoms with Crippen molar-refractivity contribution in [2.45, 2.75) is 43.8 Å². The van der Waals surface area contributed by atoms with Crippen LogP contribution in [0.2, 0.25) is 0 Å².